The van der Waals surface area contributed by atoms with Crippen LogP contribution in [0.15, 0.2) is 68.9 Å². The Morgan fingerprint density at radius 1 is 1.10 bits per heavy atom. The average Bonchev–Trinajstić information content (AvgIpc) is 3.32. The van der Waals surface area contributed by atoms with Crippen molar-refractivity contribution in [3.63, 3.8) is 0 Å². The third-order valence-corrected chi connectivity index (χ3v) is 5.72. The molecular formula is C21H11Cl2N3O2S. The van der Waals surface area contributed by atoms with Crippen LogP contribution in [-0.2, 0) is 4.79 Å². The monoisotopic (exact) mass is 439 g/mol. The molecule has 1 aliphatic heterocycles. The summed E-state index contributed by atoms with van der Waals surface area (Å²) in [6.45, 7) is 0. The minimum atomic E-state index is -0.275. The number of carbonyl (C=O) groups excluding carboxylic acids is 1. The van der Waals surface area contributed by atoms with Crippen LogP contribution in [0.5, 0.6) is 0 Å². The molecule has 0 atom stereocenters. The lowest BCUT2D eigenvalue weighted by atomic mass is 10.1. The van der Waals surface area contributed by atoms with Gasteiger partial charge in [-0.1, -0.05) is 29.3 Å². The summed E-state index contributed by atoms with van der Waals surface area (Å²) in [5.74, 6) is 0.900. The van der Waals surface area contributed by atoms with Gasteiger partial charge in [-0.25, -0.2) is 4.99 Å². The molecule has 1 fully saturated rings. The third-order valence-electron chi connectivity index (χ3n) is 4.00. The SMILES string of the molecule is N#Cc1ccc(-c2ccc(/C=C3\SC(=Nc4cccc(Cl)c4Cl)NC3=O)o2)cc1. The van der Waals surface area contributed by atoms with E-state index in [0.717, 1.165) is 5.56 Å². The number of hydrogen-bond acceptors (Lipinski definition) is 5. The lowest BCUT2D eigenvalue weighted by Crippen LogP contribution is -2.19. The fourth-order valence-electron chi connectivity index (χ4n) is 2.59. The molecule has 3 aromatic rings. The first-order valence-corrected chi connectivity index (χ1v) is 9.95. The van der Waals surface area contributed by atoms with E-state index in [-0.39, 0.29) is 5.91 Å². The van der Waals surface area contributed by atoms with Gasteiger partial charge in [0.2, 0.25) is 0 Å². The van der Waals surface area contributed by atoms with Crippen LogP contribution in [0.25, 0.3) is 17.4 Å². The highest BCUT2D eigenvalue weighted by Crippen LogP contribution is 2.35. The van der Waals surface area contributed by atoms with Crippen molar-refractivity contribution in [2.75, 3.05) is 0 Å². The zero-order valence-corrected chi connectivity index (χ0v) is 17.0. The minimum Gasteiger partial charge on any atom is -0.457 e. The predicted molar refractivity (Wildman–Crippen MR) is 116 cm³/mol. The number of aliphatic imine (C=N–C) groups is 1. The van der Waals surface area contributed by atoms with Crippen molar-refractivity contribution in [3.05, 3.63) is 80.9 Å². The Balaban J connectivity index is 1.55. The second-order valence-electron chi connectivity index (χ2n) is 5.95. The fourth-order valence-corrected chi connectivity index (χ4v) is 3.75. The van der Waals surface area contributed by atoms with E-state index in [0.29, 0.717) is 42.9 Å². The quantitative estimate of drug-likeness (QED) is 0.506. The van der Waals surface area contributed by atoms with Gasteiger partial charge < -0.3 is 9.73 Å². The van der Waals surface area contributed by atoms with Gasteiger partial charge in [-0.05, 0) is 60.3 Å². The van der Waals surface area contributed by atoms with E-state index < -0.39 is 0 Å². The molecular weight excluding hydrogens is 429 g/mol. The van der Waals surface area contributed by atoms with E-state index in [4.69, 9.17) is 32.9 Å². The maximum atomic E-state index is 12.3. The summed E-state index contributed by atoms with van der Waals surface area (Å²) in [7, 11) is 0. The first kappa shape index (κ1) is 19.3. The number of rotatable bonds is 3. The molecule has 1 aliphatic rings. The number of carbonyl (C=O) groups is 1. The van der Waals surface area contributed by atoms with Gasteiger partial charge in [0, 0.05) is 11.6 Å². The van der Waals surface area contributed by atoms with Crippen molar-refractivity contribution in [2.45, 2.75) is 0 Å². The standard InChI is InChI=1S/C21H11Cl2N3O2S/c22-15-2-1-3-16(19(15)23)25-21-26-20(27)18(29-21)10-14-8-9-17(28-14)13-6-4-12(11-24)5-7-13/h1-10H,(H,25,26,27)/b18-10-. The molecule has 5 nitrogen and oxygen atoms in total. The molecule has 2 aromatic carbocycles. The zero-order chi connectivity index (χ0) is 20.4. The summed E-state index contributed by atoms with van der Waals surface area (Å²) >= 11 is 13.3. The Hall–Kier alpha value is -2.98. The zero-order valence-electron chi connectivity index (χ0n) is 14.6. The molecule has 0 aliphatic carbocycles. The van der Waals surface area contributed by atoms with Crippen LogP contribution in [0.2, 0.25) is 10.0 Å². The first-order chi connectivity index (χ1) is 14.0. The molecule has 0 saturated carbocycles. The molecule has 1 saturated heterocycles. The van der Waals surface area contributed by atoms with Gasteiger partial charge in [-0.3, -0.25) is 4.79 Å². The Morgan fingerprint density at radius 3 is 2.66 bits per heavy atom. The van der Waals surface area contributed by atoms with Gasteiger partial charge in [0.05, 0.1) is 32.3 Å². The number of thioether (sulfide) groups is 1. The molecule has 1 amide bonds. The Kier molecular flexibility index (Phi) is 5.45. The normalized spacial score (nSPS) is 16.2. The lowest BCUT2D eigenvalue weighted by Gasteiger charge is -2.00. The van der Waals surface area contributed by atoms with Crippen LogP contribution in [0.4, 0.5) is 5.69 Å². The number of nitrogens with zero attached hydrogens (tertiary/aromatic N) is 2. The van der Waals surface area contributed by atoms with Crippen molar-refractivity contribution >= 4 is 57.8 Å². The van der Waals surface area contributed by atoms with Crippen LogP contribution in [-0.4, -0.2) is 11.1 Å². The highest BCUT2D eigenvalue weighted by atomic mass is 35.5. The van der Waals surface area contributed by atoms with Crippen molar-refractivity contribution < 1.29 is 9.21 Å². The molecule has 0 radical (unpaired) electrons. The van der Waals surface area contributed by atoms with E-state index in [1.807, 2.05) is 18.2 Å². The Labute approximate surface area is 180 Å². The minimum absolute atomic E-state index is 0.275. The topological polar surface area (TPSA) is 78.4 Å². The molecule has 0 unspecified atom stereocenters. The van der Waals surface area contributed by atoms with Crippen LogP contribution >= 0.6 is 35.0 Å². The van der Waals surface area contributed by atoms with E-state index in [2.05, 4.69) is 16.4 Å². The summed E-state index contributed by atoms with van der Waals surface area (Å²) in [4.78, 5) is 17.1. The summed E-state index contributed by atoms with van der Waals surface area (Å²) in [6, 6.07) is 17.8. The van der Waals surface area contributed by atoms with Crippen LogP contribution < -0.4 is 5.32 Å². The van der Waals surface area contributed by atoms with E-state index in [9.17, 15) is 4.79 Å². The van der Waals surface area contributed by atoms with Gasteiger partial charge >= 0.3 is 0 Å². The Bertz CT molecular complexity index is 1210. The van der Waals surface area contributed by atoms with E-state index in [1.54, 1.807) is 42.5 Å². The van der Waals surface area contributed by atoms with Gasteiger partial charge in [0.1, 0.15) is 11.5 Å². The maximum absolute atomic E-state index is 12.3. The van der Waals surface area contributed by atoms with Crippen LogP contribution in [0.1, 0.15) is 11.3 Å². The number of amidine groups is 1. The summed E-state index contributed by atoms with van der Waals surface area (Å²) in [5, 5.41) is 12.7. The fraction of sp³-hybridized carbons (Fsp3) is 0. The molecule has 4 rings (SSSR count). The second-order valence-corrected chi connectivity index (χ2v) is 7.76. The molecule has 2 heterocycles. The number of hydrogen-bond donors (Lipinski definition) is 1. The third kappa shape index (κ3) is 4.22. The summed E-state index contributed by atoms with van der Waals surface area (Å²) in [6.07, 6.45) is 1.65. The maximum Gasteiger partial charge on any atom is 0.264 e. The average molecular weight is 440 g/mol. The summed E-state index contributed by atoms with van der Waals surface area (Å²) in [5.41, 5.74) is 1.90. The molecule has 0 spiro atoms. The molecule has 29 heavy (non-hydrogen) atoms. The molecule has 142 valence electrons. The van der Waals surface area contributed by atoms with E-state index >= 15 is 0 Å². The number of nitriles is 1. The smallest absolute Gasteiger partial charge is 0.264 e. The number of furan rings is 1. The van der Waals surface area contributed by atoms with Crippen LogP contribution in [0.3, 0.4) is 0 Å². The largest absolute Gasteiger partial charge is 0.457 e. The van der Waals surface area contributed by atoms with Crippen molar-refractivity contribution in [3.8, 4) is 17.4 Å². The van der Waals surface area contributed by atoms with Gasteiger partial charge in [0.15, 0.2) is 5.17 Å². The number of benzene rings is 2. The summed E-state index contributed by atoms with van der Waals surface area (Å²) < 4.78 is 5.81. The molecule has 0 bridgehead atoms. The number of halogens is 2. The molecule has 1 aromatic heterocycles. The van der Waals surface area contributed by atoms with Crippen molar-refractivity contribution in [1.29, 1.82) is 5.26 Å². The number of amides is 1. The van der Waals surface area contributed by atoms with Gasteiger partial charge in [0.25, 0.3) is 5.91 Å². The van der Waals surface area contributed by atoms with E-state index in [1.165, 1.54) is 11.8 Å². The van der Waals surface area contributed by atoms with Crippen molar-refractivity contribution in [2.24, 2.45) is 4.99 Å². The van der Waals surface area contributed by atoms with Crippen molar-refractivity contribution in [1.82, 2.24) is 5.32 Å². The highest BCUT2D eigenvalue weighted by molar-refractivity contribution is 8.18. The van der Waals surface area contributed by atoms with Gasteiger partial charge in [-0.2, -0.15) is 5.26 Å². The highest BCUT2D eigenvalue weighted by Gasteiger charge is 2.24. The molecule has 1 N–H and O–H groups in total. The predicted octanol–water partition coefficient (Wildman–Crippen LogP) is 6.02. The Morgan fingerprint density at radius 2 is 1.90 bits per heavy atom. The molecule has 8 heteroatoms. The second kappa shape index (κ2) is 8.18. The number of nitrogens with one attached hydrogen (secondary N) is 1. The first-order valence-electron chi connectivity index (χ1n) is 8.37. The van der Waals surface area contributed by atoms with Gasteiger partial charge in [-0.15, -0.1) is 0 Å². The lowest BCUT2D eigenvalue weighted by molar-refractivity contribution is -0.115. The van der Waals surface area contributed by atoms with Crippen LogP contribution in [0, 0.1) is 11.3 Å².